The largest absolute Gasteiger partial charge is 0.489 e. The number of aliphatic carboxylic acids is 1. The molecule has 0 bridgehead atoms. The predicted octanol–water partition coefficient (Wildman–Crippen LogP) is 2.44. The van der Waals surface area contributed by atoms with Gasteiger partial charge in [0.05, 0.1) is 0 Å². The van der Waals surface area contributed by atoms with Crippen LogP contribution >= 0.6 is 0 Å². The fraction of sp³-hybridized carbons (Fsp3) is 0.286. The summed E-state index contributed by atoms with van der Waals surface area (Å²) in [6, 6.07) is 7.00. The van der Waals surface area contributed by atoms with Gasteiger partial charge in [-0.3, -0.25) is 9.59 Å². The Labute approximate surface area is 111 Å². The van der Waals surface area contributed by atoms with Crippen LogP contribution in [-0.2, 0) is 9.59 Å². The van der Waals surface area contributed by atoms with Crippen molar-refractivity contribution >= 4 is 17.6 Å². The van der Waals surface area contributed by atoms with E-state index in [-0.39, 0.29) is 18.7 Å². The zero-order valence-electron chi connectivity index (χ0n) is 10.6. The number of ether oxygens (including phenoxy) is 1. The summed E-state index contributed by atoms with van der Waals surface area (Å²) < 4.78 is 5.34. The molecule has 0 fully saturated rings. The number of amides is 1. The van der Waals surface area contributed by atoms with Crippen LogP contribution in [0.15, 0.2) is 36.9 Å². The molecule has 2 N–H and O–H groups in total. The fourth-order valence-electron chi connectivity index (χ4n) is 1.44. The molecule has 0 aliphatic rings. The van der Waals surface area contributed by atoms with Crippen LogP contribution in [0.25, 0.3) is 0 Å². The number of rotatable bonds is 8. The Bertz CT molecular complexity index is 457. The molecule has 1 aromatic rings. The lowest BCUT2D eigenvalue weighted by Crippen LogP contribution is -2.11. The molecular weight excluding hydrogens is 246 g/mol. The van der Waals surface area contributed by atoms with Gasteiger partial charge < -0.3 is 15.2 Å². The van der Waals surface area contributed by atoms with Crippen LogP contribution in [0.3, 0.4) is 0 Å². The molecule has 0 unspecified atom stereocenters. The molecule has 0 heterocycles. The van der Waals surface area contributed by atoms with Crippen LogP contribution in [0.5, 0.6) is 5.75 Å². The van der Waals surface area contributed by atoms with Gasteiger partial charge in [0.2, 0.25) is 5.91 Å². The van der Waals surface area contributed by atoms with E-state index in [0.717, 1.165) is 0 Å². The molecule has 0 saturated heterocycles. The molecule has 5 nitrogen and oxygen atoms in total. The van der Waals surface area contributed by atoms with E-state index in [1.807, 2.05) is 0 Å². The Hall–Kier alpha value is -2.30. The lowest BCUT2D eigenvalue weighted by Gasteiger charge is -2.07. The average molecular weight is 263 g/mol. The molecule has 1 aromatic carbocycles. The average Bonchev–Trinajstić information content (AvgIpc) is 2.36. The second kappa shape index (κ2) is 7.92. The number of carbonyl (C=O) groups is 2. The van der Waals surface area contributed by atoms with E-state index in [0.29, 0.717) is 24.5 Å². The van der Waals surface area contributed by atoms with Crippen molar-refractivity contribution in [2.24, 2.45) is 0 Å². The predicted molar refractivity (Wildman–Crippen MR) is 72.3 cm³/mol. The van der Waals surface area contributed by atoms with Gasteiger partial charge in [-0.05, 0) is 18.6 Å². The number of anilines is 1. The van der Waals surface area contributed by atoms with Crippen molar-refractivity contribution in [1.29, 1.82) is 0 Å². The first-order valence-corrected chi connectivity index (χ1v) is 5.97. The van der Waals surface area contributed by atoms with Crippen LogP contribution < -0.4 is 10.1 Å². The van der Waals surface area contributed by atoms with Gasteiger partial charge in [-0.1, -0.05) is 18.7 Å². The summed E-state index contributed by atoms with van der Waals surface area (Å²) in [5, 5.41) is 11.2. The molecular formula is C14H17NO4. The Morgan fingerprint density at radius 2 is 2.16 bits per heavy atom. The quantitative estimate of drug-likeness (QED) is 0.706. The first kappa shape index (κ1) is 14.8. The summed E-state index contributed by atoms with van der Waals surface area (Å²) >= 11 is 0. The molecule has 19 heavy (non-hydrogen) atoms. The molecule has 0 aliphatic carbocycles. The third-order valence-electron chi connectivity index (χ3n) is 2.28. The summed E-state index contributed by atoms with van der Waals surface area (Å²) in [6.45, 7) is 3.95. The normalized spacial score (nSPS) is 9.68. The summed E-state index contributed by atoms with van der Waals surface area (Å²) in [5.41, 5.74) is 0.627. The second-order valence-corrected chi connectivity index (χ2v) is 3.92. The SMILES string of the molecule is C=CCOc1cccc(NC(=O)CCCC(=O)O)c1. The third-order valence-corrected chi connectivity index (χ3v) is 2.28. The molecule has 0 radical (unpaired) electrons. The van der Waals surface area contributed by atoms with Crippen LogP contribution in [0, 0.1) is 0 Å². The maximum Gasteiger partial charge on any atom is 0.303 e. The van der Waals surface area contributed by atoms with Crippen LogP contribution in [0.1, 0.15) is 19.3 Å². The number of nitrogens with one attached hydrogen (secondary N) is 1. The highest BCUT2D eigenvalue weighted by atomic mass is 16.5. The van der Waals surface area contributed by atoms with Crippen LogP contribution in [0.2, 0.25) is 0 Å². The highest BCUT2D eigenvalue weighted by Crippen LogP contribution is 2.17. The van der Waals surface area contributed by atoms with Gasteiger partial charge in [0.25, 0.3) is 0 Å². The topological polar surface area (TPSA) is 75.6 Å². The van der Waals surface area contributed by atoms with Gasteiger partial charge in [-0.2, -0.15) is 0 Å². The molecule has 1 rings (SSSR count). The Morgan fingerprint density at radius 3 is 2.84 bits per heavy atom. The minimum atomic E-state index is -0.896. The maximum absolute atomic E-state index is 11.6. The van der Waals surface area contributed by atoms with Gasteiger partial charge in [-0.25, -0.2) is 0 Å². The molecule has 1 amide bonds. The molecule has 0 spiro atoms. The summed E-state index contributed by atoms with van der Waals surface area (Å²) in [4.78, 5) is 21.9. The molecule has 5 heteroatoms. The summed E-state index contributed by atoms with van der Waals surface area (Å²) in [7, 11) is 0. The lowest BCUT2D eigenvalue weighted by atomic mass is 10.2. The Kier molecular flexibility index (Phi) is 6.15. The summed E-state index contributed by atoms with van der Waals surface area (Å²) in [5.74, 6) is -0.460. The first-order chi connectivity index (χ1) is 9.11. The fourth-order valence-corrected chi connectivity index (χ4v) is 1.44. The van der Waals surface area contributed by atoms with E-state index in [2.05, 4.69) is 11.9 Å². The number of hydrogen-bond donors (Lipinski definition) is 2. The van der Waals surface area contributed by atoms with Gasteiger partial charge in [0, 0.05) is 24.6 Å². The standard InChI is InChI=1S/C14H17NO4/c1-2-9-19-12-6-3-5-11(10-12)15-13(16)7-4-8-14(17)18/h2-3,5-6,10H,1,4,7-9H2,(H,15,16)(H,17,18). The number of carboxylic acids is 1. The van der Waals surface area contributed by atoms with Crippen molar-refractivity contribution < 1.29 is 19.4 Å². The Balaban J connectivity index is 2.44. The number of benzene rings is 1. The monoisotopic (exact) mass is 263 g/mol. The zero-order chi connectivity index (χ0) is 14.1. The summed E-state index contributed by atoms with van der Waals surface area (Å²) in [6.07, 6.45) is 2.14. The number of carboxylic acid groups (broad SMARTS) is 1. The first-order valence-electron chi connectivity index (χ1n) is 5.97. The lowest BCUT2D eigenvalue weighted by molar-refractivity contribution is -0.137. The minimum absolute atomic E-state index is 0.00406. The van der Waals surface area contributed by atoms with Crippen molar-refractivity contribution in [2.45, 2.75) is 19.3 Å². The van der Waals surface area contributed by atoms with Crippen LogP contribution in [0.4, 0.5) is 5.69 Å². The number of carbonyl (C=O) groups excluding carboxylic acids is 1. The van der Waals surface area contributed by atoms with Gasteiger partial charge in [-0.15, -0.1) is 0 Å². The van der Waals surface area contributed by atoms with E-state index >= 15 is 0 Å². The van der Waals surface area contributed by atoms with Crippen LogP contribution in [-0.4, -0.2) is 23.6 Å². The second-order valence-electron chi connectivity index (χ2n) is 3.92. The Morgan fingerprint density at radius 1 is 1.37 bits per heavy atom. The third kappa shape index (κ3) is 6.26. The van der Waals surface area contributed by atoms with Gasteiger partial charge in [0.15, 0.2) is 0 Å². The highest BCUT2D eigenvalue weighted by molar-refractivity contribution is 5.91. The van der Waals surface area contributed by atoms with Crippen molar-refractivity contribution in [1.82, 2.24) is 0 Å². The molecule has 0 aliphatic heterocycles. The maximum atomic E-state index is 11.6. The molecule has 0 atom stereocenters. The van der Waals surface area contributed by atoms with E-state index in [9.17, 15) is 9.59 Å². The van der Waals surface area contributed by atoms with E-state index in [1.54, 1.807) is 30.3 Å². The van der Waals surface area contributed by atoms with Gasteiger partial charge in [0.1, 0.15) is 12.4 Å². The van der Waals surface area contributed by atoms with Crippen molar-refractivity contribution in [2.75, 3.05) is 11.9 Å². The zero-order valence-corrected chi connectivity index (χ0v) is 10.6. The van der Waals surface area contributed by atoms with E-state index in [1.165, 1.54) is 0 Å². The molecule has 0 aromatic heterocycles. The minimum Gasteiger partial charge on any atom is -0.489 e. The van der Waals surface area contributed by atoms with Crippen molar-refractivity contribution in [3.05, 3.63) is 36.9 Å². The van der Waals surface area contributed by atoms with Crippen molar-refractivity contribution in [3.8, 4) is 5.75 Å². The van der Waals surface area contributed by atoms with E-state index in [4.69, 9.17) is 9.84 Å². The molecule has 0 saturated carbocycles. The number of hydrogen-bond acceptors (Lipinski definition) is 3. The molecule has 102 valence electrons. The van der Waals surface area contributed by atoms with E-state index < -0.39 is 5.97 Å². The highest BCUT2D eigenvalue weighted by Gasteiger charge is 2.05. The van der Waals surface area contributed by atoms with Crippen molar-refractivity contribution in [3.63, 3.8) is 0 Å². The smallest absolute Gasteiger partial charge is 0.303 e. The van der Waals surface area contributed by atoms with Gasteiger partial charge >= 0.3 is 5.97 Å².